The molecule has 0 amide bonds. The third kappa shape index (κ3) is 3.53. The number of aliphatic hydroxyl groups excluding tert-OH is 1. The van der Waals surface area contributed by atoms with Gasteiger partial charge in [0.25, 0.3) is 5.69 Å². The number of rotatable bonds is 3. The first-order valence-electron chi connectivity index (χ1n) is 5.64. The first-order valence-corrected chi connectivity index (χ1v) is 5.64. The van der Waals surface area contributed by atoms with Crippen molar-refractivity contribution in [1.82, 2.24) is 0 Å². The van der Waals surface area contributed by atoms with E-state index in [0.29, 0.717) is 12.0 Å². The van der Waals surface area contributed by atoms with Gasteiger partial charge in [-0.1, -0.05) is 26.8 Å². The van der Waals surface area contributed by atoms with Crippen LogP contribution in [-0.4, -0.2) is 16.1 Å². The van der Waals surface area contributed by atoms with Crippen LogP contribution in [0, 0.1) is 22.5 Å². The largest absolute Gasteiger partial charge is 0.392 e. The monoisotopic (exact) mass is 237 g/mol. The standard InChI is InChI=1S/C13H19NO3/c1-9-7-10(5-6-11(9)14(16)17)8-12(15)13(2,3)4/h5-7,12,15H,8H2,1-4H3. The van der Waals surface area contributed by atoms with Crippen LogP contribution in [0.5, 0.6) is 0 Å². The van der Waals surface area contributed by atoms with Gasteiger partial charge >= 0.3 is 0 Å². The van der Waals surface area contributed by atoms with Crippen LogP contribution in [0.1, 0.15) is 31.9 Å². The van der Waals surface area contributed by atoms with E-state index < -0.39 is 6.10 Å². The molecule has 0 saturated carbocycles. The van der Waals surface area contributed by atoms with Gasteiger partial charge in [-0.25, -0.2) is 0 Å². The molecule has 1 N–H and O–H groups in total. The van der Waals surface area contributed by atoms with Gasteiger partial charge in [0.15, 0.2) is 0 Å². The smallest absolute Gasteiger partial charge is 0.272 e. The predicted molar refractivity (Wildman–Crippen MR) is 67.0 cm³/mol. The fourth-order valence-electron chi connectivity index (χ4n) is 1.58. The van der Waals surface area contributed by atoms with Crippen LogP contribution in [0.15, 0.2) is 18.2 Å². The van der Waals surface area contributed by atoms with E-state index in [1.54, 1.807) is 19.1 Å². The van der Waals surface area contributed by atoms with Crippen molar-refractivity contribution in [3.05, 3.63) is 39.4 Å². The Balaban J connectivity index is 2.88. The molecule has 0 heterocycles. The van der Waals surface area contributed by atoms with Gasteiger partial charge in [0.1, 0.15) is 0 Å². The molecule has 1 atom stereocenters. The fourth-order valence-corrected chi connectivity index (χ4v) is 1.58. The molecule has 0 radical (unpaired) electrons. The molecular formula is C13H19NO3. The van der Waals surface area contributed by atoms with Gasteiger partial charge < -0.3 is 5.11 Å². The summed E-state index contributed by atoms with van der Waals surface area (Å²) < 4.78 is 0. The van der Waals surface area contributed by atoms with Crippen LogP contribution >= 0.6 is 0 Å². The normalized spacial score (nSPS) is 13.5. The third-order valence-corrected chi connectivity index (χ3v) is 2.89. The summed E-state index contributed by atoms with van der Waals surface area (Å²) in [6.07, 6.45) is 0.0610. The van der Waals surface area contributed by atoms with Crippen LogP contribution in [0.3, 0.4) is 0 Å². The number of benzene rings is 1. The van der Waals surface area contributed by atoms with Crippen molar-refractivity contribution in [2.24, 2.45) is 5.41 Å². The summed E-state index contributed by atoms with van der Waals surface area (Å²) in [5.74, 6) is 0. The van der Waals surface area contributed by atoms with Crippen LogP contribution < -0.4 is 0 Å². The second kappa shape index (κ2) is 4.84. The Morgan fingerprint density at radius 2 is 2.00 bits per heavy atom. The molecule has 0 aliphatic heterocycles. The van der Waals surface area contributed by atoms with Crippen LogP contribution in [-0.2, 0) is 6.42 Å². The summed E-state index contributed by atoms with van der Waals surface area (Å²) in [4.78, 5) is 10.3. The minimum absolute atomic E-state index is 0.124. The van der Waals surface area contributed by atoms with E-state index in [1.807, 2.05) is 20.8 Å². The summed E-state index contributed by atoms with van der Waals surface area (Å²) in [7, 11) is 0. The van der Waals surface area contributed by atoms with Crippen molar-refractivity contribution >= 4 is 5.69 Å². The minimum Gasteiger partial charge on any atom is -0.392 e. The number of aliphatic hydroxyl groups is 1. The molecule has 0 bridgehead atoms. The summed E-state index contributed by atoms with van der Waals surface area (Å²) in [5, 5.41) is 20.6. The highest BCUT2D eigenvalue weighted by Crippen LogP contribution is 2.25. The quantitative estimate of drug-likeness (QED) is 0.649. The lowest BCUT2D eigenvalue weighted by molar-refractivity contribution is -0.385. The van der Waals surface area contributed by atoms with E-state index in [0.717, 1.165) is 5.56 Å². The van der Waals surface area contributed by atoms with E-state index in [2.05, 4.69) is 0 Å². The first-order chi connectivity index (χ1) is 7.71. The zero-order valence-electron chi connectivity index (χ0n) is 10.7. The molecule has 1 rings (SSSR count). The first kappa shape index (κ1) is 13.6. The highest BCUT2D eigenvalue weighted by molar-refractivity contribution is 5.42. The lowest BCUT2D eigenvalue weighted by Gasteiger charge is -2.25. The number of nitro groups is 1. The van der Waals surface area contributed by atoms with Gasteiger partial charge in [0.2, 0.25) is 0 Å². The Morgan fingerprint density at radius 3 is 2.41 bits per heavy atom. The topological polar surface area (TPSA) is 63.4 Å². The molecule has 0 saturated heterocycles. The van der Waals surface area contributed by atoms with Gasteiger partial charge in [-0.05, 0) is 30.4 Å². The Bertz CT molecular complexity index is 421. The maximum absolute atomic E-state index is 10.7. The molecule has 17 heavy (non-hydrogen) atoms. The molecule has 1 aromatic carbocycles. The average Bonchev–Trinajstić information content (AvgIpc) is 2.15. The number of nitro benzene ring substituents is 1. The number of hydrogen-bond donors (Lipinski definition) is 1. The molecule has 4 nitrogen and oxygen atoms in total. The van der Waals surface area contributed by atoms with E-state index in [4.69, 9.17) is 0 Å². The molecule has 0 aliphatic carbocycles. The zero-order chi connectivity index (χ0) is 13.2. The Morgan fingerprint density at radius 1 is 1.41 bits per heavy atom. The molecule has 94 valence electrons. The van der Waals surface area contributed by atoms with Gasteiger partial charge in [-0.2, -0.15) is 0 Å². The highest BCUT2D eigenvalue weighted by Gasteiger charge is 2.22. The number of hydrogen-bond acceptors (Lipinski definition) is 3. The minimum atomic E-state index is -0.455. The van der Waals surface area contributed by atoms with Crippen molar-refractivity contribution in [2.45, 2.75) is 40.2 Å². The lowest BCUT2D eigenvalue weighted by Crippen LogP contribution is -2.28. The van der Waals surface area contributed by atoms with Crippen molar-refractivity contribution in [1.29, 1.82) is 0 Å². The SMILES string of the molecule is Cc1cc(CC(O)C(C)(C)C)ccc1[N+](=O)[O-]. The number of nitrogens with zero attached hydrogens (tertiary/aromatic N) is 1. The maximum atomic E-state index is 10.7. The highest BCUT2D eigenvalue weighted by atomic mass is 16.6. The molecular weight excluding hydrogens is 218 g/mol. The van der Waals surface area contributed by atoms with E-state index in [9.17, 15) is 15.2 Å². The molecule has 0 aromatic heterocycles. The molecule has 0 aliphatic rings. The lowest BCUT2D eigenvalue weighted by atomic mass is 9.85. The Labute approximate surface area is 101 Å². The van der Waals surface area contributed by atoms with Crippen LogP contribution in [0.25, 0.3) is 0 Å². The predicted octanol–water partition coefficient (Wildman–Crippen LogP) is 2.85. The van der Waals surface area contributed by atoms with Crippen molar-refractivity contribution < 1.29 is 10.0 Å². The third-order valence-electron chi connectivity index (χ3n) is 2.89. The van der Waals surface area contributed by atoms with Crippen LogP contribution in [0.2, 0.25) is 0 Å². The molecule has 1 aromatic rings. The molecule has 1 unspecified atom stereocenters. The maximum Gasteiger partial charge on any atom is 0.272 e. The van der Waals surface area contributed by atoms with E-state index in [1.165, 1.54) is 6.07 Å². The fraction of sp³-hybridized carbons (Fsp3) is 0.538. The molecule has 4 heteroatoms. The second-order valence-corrected chi connectivity index (χ2v) is 5.46. The summed E-state index contributed by atoms with van der Waals surface area (Å²) in [5.41, 5.74) is 1.50. The summed E-state index contributed by atoms with van der Waals surface area (Å²) >= 11 is 0. The Hall–Kier alpha value is -1.42. The van der Waals surface area contributed by atoms with Crippen molar-refractivity contribution in [3.8, 4) is 0 Å². The second-order valence-electron chi connectivity index (χ2n) is 5.46. The summed E-state index contributed by atoms with van der Waals surface area (Å²) in [6.45, 7) is 7.62. The van der Waals surface area contributed by atoms with Gasteiger partial charge in [0, 0.05) is 11.6 Å². The van der Waals surface area contributed by atoms with Crippen LogP contribution in [0.4, 0.5) is 5.69 Å². The number of aryl methyl sites for hydroxylation is 1. The molecule has 0 spiro atoms. The zero-order valence-corrected chi connectivity index (χ0v) is 10.7. The molecule has 0 fully saturated rings. The van der Waals surface area contributed by atoms with E-state index >= 15 is 0 Å². The van der Waals surface area contributed by atoms with Crippen molar-refractivity contribution in [2.75, 3.05) is 0 Å². The van der Waals surface area contributed by atoms with Crippen molar-refractivity contribution in [3.63, 3.8) is 0 Å². The Kier molecular flexibility index (Phi) is 3.88. The average molecular weight is 237 g/mol. The van der Waals surface area contributed by atoms with Gasteiger partial charge in [0.05, 0.1) is 11.0 Å². The van der Waals surface area contributed by atoms with Gasteiger partial charge in [-0.3, -0.25) is 10.1 Å². The summed E-state index contributed by atoms with van der Waals surface area (Å²) in [6, 6.07) is 4.98. The van der Waals surface area contributed by atoms with Gasteiger partial charge in [-0.15, -0.1) is 0 Å². The van der Waals surface area contributed by atoms with E-state index in [-0.39, 0.29) is 16.0 Å².